The van der Waals surface area contributed by atoms with Gasteiger partial charge in [0.05, 0.1) is 18.7 Å². The fourth-order valence-corrected chi connectivity index (χ4v) is 2.17. The largest absolute Gasteiger partial charge is 0.489 e. The summed E-state index contributed by atoms with van der Waals surface area (Å²) in [5, 5.41) is 6.69. The van der Waals surface area contributed by atoms with Gasteiger partial charge in [-0.25, -0.2) is 0 Å². The van der Waals surface area contributed by atoms with E-state index < -0.39 is 0 Å². The van der Waals surface area contributed by atoms with Crippen molar-refractivity contribution in [2.45, 2.75) is 33.3 Å². The van der Waals surface area contributed by atoms with Crippen molar-refractivity contribution in [1.82, 2.24) is 10.5 Å². The summed E-state index contributed by atoms with van der Waals surface area (Å²) in [4.78, 5) is 11.9. The van der Waals surface area contributed by atoms with Crippen molar-refractivity contribution in [3.05, 3.63) is 46.3 Å². The smallest absolute Gasteiger partial charge is 0.229 e. The van der Waals surface area contributed by atoms with E-state index in [0.717, 1.165) is 5.75 Å². The van der Waals surface area contributed by atoms with Gasteiger partial charge in [-0.2, -0.15) is 0 Å². The summed E-state index contributed by atoms with van der Waals surface area (Å²) < 4.78 is 10.6. The molecule has 0 fully saturated rings. The normalized spacial score (nSPS) is 12.0. The summed E-state index contributed by atoms with van der Waals surface area (Å²) in [6, 6.07) is 7.79. The number of carbonyl (C=O) groups is 1. The molecule has 5 nitrogen and oxygen atoms in total. The molecule has 0 aliphatic heterocycles. The number of hydrogen-bond donors (Lipinski definition) is 1. The van der Waals surface area contributed by atoms with Crippen molar-refractivity contribution in [1.29, 1.82) is 0 Å². The topological polar surface area (TPSA) is 64.4 Å². The van der Waals surface area contributed by atoms with E-state index >= 15 is 0 Å². The molecular formula is C16H19ClN2O3. The van der Waals surface area contributed by atoms with Gasteiger partial charge in [-0.15, -0.1) is 0 Å². The summed E-state index contributed by atoms with van der Waals surface area (Å²) in [6.45, 7) is 6.08. The number of nitrogens with one attached hydrogen (secondary N) is 1. The lowest BCUT2D eigenvalue weighted by Crippen LogP contribution is -2.34. The SMILES string of the molecule is Cc1ccc(O[C@H](C)CNC(=O)Cc2c(C)noc2Cl)cc1. The van der Waals surface area contributed by atoms with Crippen LogP contribution in [0.2, 0.25) is 5.22 Å². The molecule has 1 amide bonds. The van der Waals surface area contributed by atoms with Crippen LogP contribution in [0.15, 0.2) is 28.8 Å². The zero-order valence-corrected chi connectivity index (χ0v) is 13.6. The number of halogens is 1. The molecule has 0 aliphatic carbocycles. The first kappa shape index (κ1) is 16.4. The predicted molar refractivity (Wildman–Crippen MR) is 84.2 cm³/mol. The number of aromatic nitrogens is 1. The maximum absolute atomic E-state index is 11.9. The van der Waals surface area contributed by atoms with Crippen LogP contribution in [0.25, 0.3) is 0 Å². The molecule has 2 aromatic rings. The Labute approximate surface area is 134 Å². The molecule has 6 heteroatoms. The van der Waals surface area contributed by atoms with Gasteiger partial charge in [0, 0.05) is 5.56 Å². The number of hydrogen-bond acceptors (Lipinski definition) is 4. The summed E-state index contributed by atoms with van der Waals surface area (Å²) in [5.74, 6) is 0.637. The number of amides is 1. The molecule has 2 rings (SSSR count). The first-order chi connectivity index (χ1) is 10.5. The Kier molecular flexibility index (Phi) is 5.44. The van der Waals surface area contributed by atoms with E-state index in [-0.39, 0.29) is 23.7 Å². The van der Waals surface area contributed by atoms with Crippen molar-refractivity contribution < 1.29 is 14.1 Å². The first-order valence-corrected chi connectivity index (χ1v) is 7.44. The van der Waals surface area contributed by atoms with Gasteiger partial charge in [0.15, 0.2) is 0 Å². The second-order valence-electron chi connectivity index (χ2n) is 5.24. The fourth-order valence-electron chi connectivity index (χ4n) is 1.93. The molecule has 1 N–H and O–H groups in total. The van der Waals surface area contributed by atoms with Crippen LogP contribution >= 0.6 is 11.6 Å². The molecule has 0 aliphatic rings. The highest BCUT2D eigenvalue weighted by atomic mass is 35.5. The van der Waals surface area contributed by atoms with Crippen molar-refractivity contribution in [3.8, 4) is 5.75 Å². The molecule has 0 saturated carbocycles. The Morgan fingerprint density at radius 1 is 1.36 bits per heavy atom. The molecule has 0 spiro atoms. The maximum atomic E-state index is 11.9. The van der Waals surface area contributed by atoms with Gasteiger partial charge in [0.1, 0.15) is 11.9 Å². The van der Waals surface area contributed by atoms with Crippen LogP contribution in [-0.2, 0) is 11.2 Å². The molecular weight excluding hydrogens is 304 g/mol. The van der Waals surface area contributed by atoms with Gasteiger partial charge in [0.25, 0.3) is 0 Å². The number of ether oxygens (including phenoxy) is 1. The average Bonchev–Trinajstić information content (AvgIpc) is 2.79. The minimum atomic E-state index is -0.146. The van der Waals surface area contributed by atoms with E-state index in [9.17, 15) is 4.79 Å². The monoisotopic (exact) mass is 322 g/mol. The van der Waals surface area contributed by atoms with Crippen molar-refractivity contribution >= 4 is 17.5 Å². The van der Waals surface area contributed by atoms with Gasteiger partial charge in [0.2, 0.25) is 11.1 Å². The van der Waals surface area contributed by atoms with Gasteiger partial charge < -0.3 is 14.6 Å². The zero-order chi connectivity index (χ0) is 16.1. The third-order valence-corrected chi connectivity index (χ3v) is 3.52. The molecule has 1 aromatic carbocycles. The van der Waals surface area contributed by atoms with E-state index in [1.807, 2.05) is 38.1 Å². The van der Waals surface area contributed by atoms with Crippen LogP contribution in [0.3, 0.4) is 0 Å². The lowest BCUT2D eigenvalue weighted by atomic mass is 10.2. The molecule has 0 bridgehead atoms. The Balaban J connectivity index is 1.79. The van der Waals surface area contributed by atoms with Crippen LogP contribution in [0, 0.1) is 13.8 Å². The number of nitrogens with zero attached hydrogens (tertiary/aromatic N) is 1. The van der Waals surface area contributed by atoms with Gasteiger partial charge in [-0.05, 0) is 44.5 Å². The highest BCUT2D eigenvalue weighted by Crippen LogP contribution is 2.19. The molecule has 1 heterocycles. The van der Waals surface area contributed by atoms with E-state index in [4.69, 9.17) is 20.9 Å². The fraction of sp³-hybridized carbons (Fsp3) is 0.375. The van der Waals surface area contributed by atoms with E-state index in [2.05, 4.69) is 10.5 Å². The summed E-state index contributed by atoms with van der Waals surface area (Å²) in [7, 11) is 0. The van der Waals surface area contributed by atoms with Gasteiger partial charge in [-0.3, -0.25) is 4.79 Å². The minimum Gasteiger partial charge on any atom is -0.489 e. The Morgan fingerprint density at radius 3 is 2.64 bits per heavy atom. The van der Waals surface area contributed by atoms with E-state index in [0.29, 0.717) is 17.8 Å². The van der Waals surface area contributed by atoms with Crippen molar-refractivity contribution in [2.24, 2.45) is 0 Å². The van der Waals surface area contributed by atoms with E-state index in [1.165, 1.54) is 5.56 Å². The third kappa shape index (κ3) is 4.49. The zero-order valence-electron chi connectivity index (χ0n) is 12.9. The van der Waals surface area contributed by atoms with Gasteiger partial charge >= 0.3 is 0 Å². The first-order valence-electron chi connectivity index (χ1n) is 7.06. The van der Waals surface area contributed by atoms with Crippen LogP contribution in [0.4, 0.5) is 0 Å². The van der Waals surface area contributed by atoms with Crippen LogP contribution in [0.1, 0.15) is 23.7 Å². The second-order valence-corrected chi connectivity index (χ2v) is 5.59. The third-order valence-electron chi connectivity index (χ3n) is 3.22. The number of aryl methyl sites for hydroxylation is 2. The quantitative estimate of drug-likeness (QED) is 0.887. The number of benzene rings is 1. The van der Waals surface area contributed by atoms with Crippen molar-refractivity contribution in [3.63, 3.8) is 0 Å². The molecule has 118 valence electrons. The average molecular weight is 323 g/mol. The van der Waals surface area contributed by atoms with Crippen LogP contribution < -0.4 is 10.1 Å². The lowest BCUT2D eigenvalue weighted by molar-refractivity contribution is -0.120. The predicted octanol–water partition coefficient (Wildman–Crippen LogP) is 3.07. The second kappa shape index (κ2) is 7.31. The molecule has 0 unspecified atom stereocenters. The lowest BCUT2D eigenvalue weighted by Gasteiger charge is -2.15. The van der Waals surface area contributed by atoms with Gasteiger partial charge in [-0.1, -0.05) is 22.9 Å². The molecule has 22 heavy (non-hydrogen) atoms. The van der Waals surface area contributed by atoms with E-state index in [1.54, 1.807) is 6.92 Å². The molecule has 1 aromatic heterocycles. The summed E-state index contributed by atoms with van der Waals surface area (Å²) in [6.07, 6.45) is 0.0107. The van der Waals surface area contributed by atoms with Crippen LogP contribution in [-0.4, -0.2) is 23.7 Å². The minimum absolute atomic E-state index is 0.134. The highest BCUT2D eigenvalue weighted by molar-refractivity contribution is 6.29. The molecule has 1 atom stereocenters. The number of carbonyl (C=O) groups excluding carboxylic acids is 1. The Hall–Kier alpha value is -2.01. The molecule has 0 radical (unpaired) electrons. The van der Waals surface area contributed by atoms with Crippen LogP contribution in [0.5, 0.6) is 5.75 Å². The Bertz CT molecular complexity index is 618. The van der Waals surface area contributed by atoms with Crippen molar-refractivity contribution in [2.75, 3.05) is 6.54 Å². The standard InChI is InChI=1S/C16H19ClN2O3/c1-10-4-6-13(7-5-10)21-11(2)9-18-15(20)8-14-12(3)19-22-16(14)17/h4-7,11H,8-9H2,1-3H3,(H,18,20)/t11-/m1/s1. The summed E-state index contributed by atoms with van der Waals surface area (Å²) in [5.41, 5.74) is 2.42. The molecule has 0 saturated heterocycles. The number of rotatable bonds is 6. The maximum Gasteiger partial charge on any atom is 0.229 e. The highest BCUT2D eigenvalue weighted by Gasteiger charge is 2.15. The summed E-state index contributed by atoms with van der Waals surface area (Å²) >= 11 is 5.84. The Morgan fingerprint density at radius 2 is 2.05 bits per heavy atom.